The van der Waals surface area contributed by atoms with Crippen molar-refractivity contribution in [3.8, 4) is 0 Å². The third-order valence-electron chi connectivity index (χ3n) is 3.75. The number of hydrogen-bond acceptors (Lipinski definition) is 2. The van der Waals surface area contributed by atoms with E-state index in [0.29, 0.717) is 18.3 Å². The van der Waals surface area contributed by atoms with Crippen LogP contribution in [0.1, 0.15) is 44.9 Å². The van der Waals surface area contributed by atoms with Crippen LogP contribution in [0.3, 0.4) is 0 Å². The monoisotopic (exact) mass is 258 g/mol. The highest BCUT2D eigenvalue weighted by Gasteiger charge is 2.31. The van der Waals surface area contributed by atoms with Gasteiger partial charge in [-0.25, -0.2) is 0 Å². The number of likely N-dealkylation sites (tertiary alicyclic amines) is 1. The Morgan fingerprint density at radius 2 is 1.88 bits per heavy atom. The second-order valence-corrected chi connectivity index (χ2v) is 5.63. The largest absolute Gasteiger partial charge is 0.353 e. The molecule has 1 heterocycles. The molecule has 0 spiro atoms. The number of piperidine rings is 1. The van der Waals surface area contributed by atoms with Gasteiger partial charge in [-0.3, -0.25) is 4.79 Å². The molecule has 0 aromatic carbocycles. The molecule has 0 aromatic heterocycles. The predicted molar refractivity (Wildman–Crippen MR) is 70.3 cm³/mol. The van der Waals surface area contributed by atoms with Crippen molar-refractivity contribution in [1.29, 1.82) is 0 Å². The first-order valence-corrected chi connectivity index (χ1v) is 7.42. The number of hydrogen-bond donors (Lipinski definition) is 1. The van der Waals surface area contributed by atoms with Crippen LogP contribution < -0.4 is 5.32 Å². The van der Waals surface area contributed by atoms with E-state index in [1.165, 1.54) is 12.8 Å². The number of nitrogens with one attached hydrogen (secondary N) is 1. The Morgan fingerprint density at radius 1 is 1.18 bits per heavy atom. The zero-order valence-corrected chi connectivity index (χ0v) is 11.2. The van der Waals surface area contributed by atoms with Crippen LogP contribution in [0.5, 0.6) is 0 Å². The van der Waals surface area contributed by atoms with Crippen molar-refractivity contribution in [2.45, 2.75) is 57.0 Å². The Balaban J connectivity index is 1.58. The van der Waals surface area contributed by atoms with Gasteiger partial charge in [-0.05, 0) is 38.5 Å². The highest BCUT2D eigenvalue weighted by Crippen LogP contribution is 2.29. The van der Waals surface area contributed by atoms with Crippen LogP contribution in [0.4, 0.5) is 0 Å². The summed E-state index contributed by atoms with van der Waals surface area (Å²) in [6, 6.07) is 1.28. The molecule has 4 heteroatoms. The third-order valence-corrected chi connectivity index (χ3v) is 4.01. The van der Waals surface area contributed by atoms with E-state index in [1.54, 1.807) is 0 Å². The van der Waals surface area contributed by atoms with Crippen LogP contribution in [-0.2, 0) is 4.79 Å². The van der Waals surface area contributed by atoms with Gasteiger partial charge in [0.05, 0.1) is 0 Å². The molecule has 17 heavy (non-hydrogen) atoms. The van der Waals surface area contributed by atoms with Gasteiger partial charge in [-0.2, -0.15) is 0 Å². The zero-order valence-electron chi connectivity index (χ0n) is 10.5. The molecule has 1 saturated carbocycles. The highest BCUT2D eigenvalue weighted by atomic mass is 35.5. The Hall–Kier alpha value is -0.280. The lowest BCUT2D eigenvalue weighted by Crippen LogP contribution is -2.45. The molecule has 0 aromatic rings. The fraction of sp³-hybridized carbons (Fsp3) is 0.923. The summed E-state index contributed by atoms with van der Waals surface area (Å²) in [6.07, 6.45) is 7.50. The molecular formula is C13H23ClN2O. The number of alkyl halides is 1. The Morgan fingerprint density at radius 3 is 2.47 bits per heavy atom. The summed E-state index contributed by atoms with van der Waals surface area (Å²) in [6.45, 7) is 2.33. The smallest absolute Gasteiger partial charge is 0.220 e. The lowest BCUT2D eigenvalue weighted by atomic mass is 10.0. The van der Waals surface area contributed by atoms with Crippen LogP contribution in [0.25, 0.3) is 0 Å². The Bertz CT molecular complexity index is 248. The van der Waals surface area contributed by atoms with Gasteiger partial charge in [0.15, 0.2) is 0 Å². The second kappa shape index (κ2) is 6.60. The maximum Gasteiger partial charge on any atom is 0.220 e. The molecule has 1 amide bonds. The average molecular weight is 259 g/mol. The molecule has 2 aliphatic rings. The molecule has 1 saturated heterocycles. The summed E-state index contributed by atoms with van der Waals surface area (Å²) >= 11 is 5.59. The van der Waals surface area contributed by atoms with Crippen molar-refractivity contribution >= 4 is 17.5 Å². The summed E-state index contributed by atoms with van der Waals surface area (Å²) in [4.78, 5) is 14.2. The van der Waals surface area contributed by atoms with E-state index in [-0.39, 0.29) is 5.91 Å². The fourth-order valence-electron chi connectivity index (χ4n) is 2.53. The van der Waals surface area contributed by atoms with Crippen LogP contribution in [0.2, 0.25) is 0 Å². The molecular weight excluding hydrogens is 236 g/mol. The molecule has 0 bridgehead atoms. The van der Waals surface area contributed by atoms with Gasteiger partial charge in [0.2, 0.25) is 5.91 Å². The first kappa shape index (κ1) is 13.2. The van der Waals surface area contributed by atoms with E-state index in [4.69, 9.17) is 11.6 Å². The lowest BCUT2D eigenvalue weighted by molar-refractivity contribution is -0.122. The molecule has 0 radical (unpaired) electrons. The normalized spacial score (nSPS) is 22.6. The summed E-state index contributed by atoms with van der Waals surface area (Å²) < 4.78 is 0. The maximum absolute atomic E-state index is 11.6. The highest BCUT2D eigenvalue weighted by molar-refractivity contribution is 6.17. The van der Waals surface area contributed by atoms with E-state index < -0.39 is 0 Å². The number of rotatable bonds is 6. The molecule has 1 aliphatic heterocycles. The Kier molecular flexibility index (Phi) is 5.11. The number of carbonyl (C=O) groups excluding carboxylic acids is 1. The lowest BCUT2D eigenvalue weighted by Gasteiger charge is -2.32. The first-order chi connectivity index (χ1) is 8.29. The molecule has 3 nitrogen and oxygen atoms in total. The van der Waals surface area contributed by atoms with Gasteiger partial charge in [0.25, 0.3) is 0 Å². The van der Waals surface area contributed by atoms with Gasteiger partial charge >= 0.3 is 0 Å². The number of carbonyl (C=O) groups is 1. The van der Waals surface area contributed by atoms with E-state index in [1.807, 2.05) is 0 Å². The van der Waals surface area contributed by atoms with Crippen LogP contribution >= 0.6 is 11.6 Å². The maximum atomic E-state index is 11.6. The predicted octanol–water partition coefficient (Wildman–Crippen LogP) is 2.14. The molecule has 0 atom stereocenters. The Labute approximate surface area is 109 Å². The average Bonchev–Trinajstić information content (AvgIpc) is 3.14. The van der Waals surface area contributed by atoms with E-state index in [9.17, 15) is 4.79 Å². The van der Waals surface area contributed by atoms with E-state index in [0.717, 1.165) is 44.8 Å². The van der Waals surface area contributed by atoms with Crippen molar-refractivity contribution < 1.29 is 4.79 Å². The first-order valence-electron chi connectivity index (χ1n) is 6.89. The van der Waals surface area contributed by atoms with Crippen LogP contribution in [0.15, 0.2) is 0 Å². The van der Waals surface area contributed by atoms with Crippen molar-refractivity contribution in [1.82, 2.24) is 10.2 Å². The van der Waals surface area contributed by atoms with Crippen molar-refractivity contribution in [2.75, 3.05) is 19.0 Å². The van der Waals surface area contributed by atoms with Gasteiger partial charge < -0.3 is 10.2 Å². The number of amides is 1. The SMILES string of the molecule is O=C(CCCCCl)NC1CCN(C2CC2)CC1. The number of halogens is 1. The van der Waals surface area contributed by atoms with E-state index in [2.05, 4.69) is 10.2 Å². The van der Waals surface area contributed by atoms with E-state index >= 15 is 0 Å². The summed E-state index contributed by atoms with van der Waals surface area (Å²) in [5.41, 5.74) is 0. The standard InChI is InChI=1S/C13H23ClN2O/c14-8-2-1-3-13(17)15-11-6-9-16(10-7-11)12-4-5-12/h11-12H,1-10H2,(H,15,17). The molecule has 1 N–H and O–H groups in total. The van der Waals surface area contributed by atoms with Gasteiger partial charge in [0.1, 0.15) is 0 Å². The molecule has 2 fully saturated rings. The second-order valence-electron chi connectivity index (χ2n) is 5.26. The quantitative estimate of drug-likeness (QED) is 0.585. The topological polar surface area (TPSA) is 32.3 Å². The number of unbranched alkanes of at least 4 members (excludes halogenated alkanes) is 1. The van der Waals surface area contributed by atoms with Gasteiger partial charge in [0, 0.05) is 37.5 Å². The van der Waals surface area contributed by atoms with Crippen LogP contribution in [-0.4, -0.2) is 41.9 Å². The minimum Gasteiger partial charge on any atom is -0.353 e. The minimum absolute atomic E-state index is 0.208. The molecule has 1 aliphatic carbocycles. The summed E-state index contributed by atoms with van der Waals surface area (Å²) in [7, 11) is 0. The molecule has 98 valence electrons. The zero-order chi connectivity index (χ0) is 12.1. The van der Waals surface area contributed by atoms with Crippen molar-refractivity contribution in [3.05, 3.63) is 0 Å². The minimum atomic E-state index is 0.208. The summed E-state index contributed by atoms with van der Waals surface area (Å²) in [5.74, 6) is 0.868. The molecule has 2 rings (SSSR count). The van der Waals surface area contributed by atoms with Crippen molar-refractivity contribution in [2.24, 2.45) is 0 Å². The van der Waals surface area contributed by atoms with Gasteiger partial charge in [-0.15, -0.1) is 11.6 Å². The fourth-order valence-corrected chi connectivity index (χ4v) is 2.72. The number of nitrogens with zero attached hydrogens (tertiary/aromatic N) is 1. The van der Waals surface area contributed by atoms with Crippen molar-refractivity contribution in [3.63, 3.8) is 0 Å². The summed E-state index contributed by atoms with van der Waals surface area (Å²) in [5, 5.41) is 3.15. The third kappa shape index (κ3) is 4.47. The molecule has 0 unspecified atom stereocenters. The van der Waals surface area contributed by atoms with Gasteiger partial charge in [-0.1, -0.05) is 0 Å². The van der Waals surface area contributed by atoms with Crippen LogP contribution in [0, 0.1) is 0 Å².